The van der Waals surface area contributed by atoms with Crippen molar-refractivity contribution in [3.8, 4) is 11.3 Å². The molecule has 1 aromatic carbocycles. The number of halogens is 3. The van der Waals surface area contributed by atoms with Gasteiger partial charge in [0.25, 0.3) is 0 Å². The van der Waals surface area contributed by atoms with Gasteiger partial charge in [0.2, 0.25) is 0 Å². The molecule has 2 heterocycles. The number of hydrogen-bond acceptors (Lipinski definition) is 1. The summed E-state index contributed by atoms with van der Waals surface area (Å²) >= 11 is 12.1. The molecule has 0 aliphatic carbocycles. The van der Waals surface area contributed by atoms with E-state index in [9.17, 15) is 0 Å². The zero-order chi connectivity index (χ0) is 12.7. The second kappa shape index (κ2) is 5.69. The highest BCUT2D eigenvalue weighted by Crippen LogP contribution is 2.34. The van der Waals surface area contributed by atoms with Crippen molar-refractivity contribution in [1.29, 1.82) is 0 Å². The van der Waals surface area contributed by atoms with Crippen LogP contribution in [0.5, 0.6) is 0 Å². The topological polar surface area (TPSA) is 17.0 Å². The Morgan fingerprint density at radius 2 is 1.74 bits per heavy atom. The van der Waals surface area contributed by atoms with Crippen LogP contribution in [0.3, 0.4) is 0 Å². The fourth-order valence-electron chi connectivity index (χ4n) is 1.88. The second-order valence-electron chi connectivity index (χ2n) is 4.17. The predicted octanol–water partition coefficient (Wildman–Crippen LogP) is 1.24. The standard InChI is InChI=1S/C14H10Cl2NO.HI/c1-17-4-2-9(3-5-17)13-7-10-6-11(15)8-12(16)14(10)18-13;/h2-8H,1H3;1H/q+1;/p-1. The Kier molecular flexibility index (Phi) is 4.38. The first-order valence-corrected chi connectivity index (χ1v) is 6.23. The Bertz CT molecular complexity index is 722. The summed E-state index contributed by atoms with van der Waals surface area (Å²) in [6, 6.07) is 9.46. The molecule has 98 valence electrons. The molecule has 0 N–H and O–H groups in total. The van der Waals surface area contributed by atoms with E-state index in [-0.39, 0.29) is 24.0 Å². The molecule has 0 spiro atoms. The summed E-state index contributed by atoms with van der Waals surface area (Å²) in [4.78, 5) is 0. The van der Waals surface area contributed by atoms with E-state index >= 15 is 0 Å². The third kappa shape index (κ3) is 2.88. The normalized spacial score (nSPS) is 10.5. The van der Waals surface area contributed by atoms with E-state index in [0.717, 1.165) is 16.7 Å². The molecule has 0 aliphatic heterocycles. The molecule has 0 fully saturated rings. The molecule has 0 unspecified atom stereocenters. The Balaban J connectivity index is 0.00000133. The van der Waals surface area contributed by atoms with Gasteiger partial charge in [0.05, 0.1) is 5.02 Å². The molecular weight excluding hydrogens is 396 g/mol. The minimum atomic E-state index is 0. The van der Waals surface area contributed by atoms with Crippen molar-refractivity contribution in [2.24, 2.45) is 7.05 Å². The monoisotopic (exact) mass is 405 g/mol. The molecule has 5 heteroatoms. The molecule has 2 nitrogen and oxygen atoms in total. The van der Waals surface area contributed by atoms with Crippen LogP contribution in [0.4, 0.5) is 0 Å². The van der Waals surface area contributed by atoms with E-state index in [1.165, 1.54) is 0 Å². The quantitative estimate of drug-likeness (QED) is 0.439. The molecule has 0 amide bonds. The van der Waals surface area contributed by atoms with Gasteiger partial charge in [-0.1, -0.05) is 23.2 Å². The van der Waals surface area contributed by atoms with Crippen LogP contribution in [-0.4, -0.2) is 0 Å². The lowest BCUT2D eigenvalue weighted by atomic mass is 10.2. The Hall–Kier alpha value is -0.780. The third-order valence-corrected chi connectivity index (χ3v) is 3.30. The van der Waals surface area contributed by atoms with Gasteiger partial charge >= 0.3 is 0 Å². The van der Waals surface area contributed by atoms with Gasteiger partial charge in [0, 0.05) is 28.1 Å². The van der Waals surface area contributed by atoms with E-state index in [1.807, 2.05) is 48.3 Å². The van der Waals surface area contributed by atoms with Crippen LogP contribution in [0.15, 0.2) is 47.1 Å². The van der Waals surface area contributed by atoms with Crippen LogP contribution < -0.4 is 28.5 Å². The summed E-state index contributed by atoms with van der Waals surface area (Å²) in [5.41, 5.74) is 1.68. The largest absolute Gasteiger partial charge is 1.00 e. The Labute approximate surface area is 138 Å². The number of furan rings is 1. The van der Waals surface area contributed by atoms with Gasteiger partial charge in [0.1, 0.15) is 12.8 Å². The number of rotatable bonds is 1. The molecule has 0 bridgehead atoms. The van der Waals surface area contributed by atoms with Crippen LogP contribution in [-0.2, 0) is 7.05 Å². The lowest BCUT2D eigenvalue weighted by Gasteiger charge is -1.94. The molecule has 0 atom stereocenters. The van der Waals surface area contributed by atoms with Gasteiger partial charge in [-0.25, -0.2) is 4.57 Å². The average Bonchev–Trinajstić information content (AvgIpc) is 2.74. The van der Waals surface area contributed by atoms with Crippen molar-refractivity contribution < 1.29 is 33.0 Å². The predicted molar refractivity (Wildman–Crippen MR) is 72.8 cm³/mol. The van der Waals surface area contributed by atoms with E-state index in [4.69, 9.17) is 27.6 Å². The number of aromatic nitrogens is 1. The van der Waals surface area contributed by atoms with Crippen molar-refractivity contribution in [2.45, 2.75) is 0 Å². The van der Waals surface area contributed by atoms with Gasteiger partial charge in [-0.15, -0.1) is 0 Å². The first-order chi connectivity index (χ1) is 8.63. The maximum absolute atomic E-state index is 6.11. The van der Waals surface area contributed by atoms with Gasteiger partial charge in [0.15, 0.2) is 18.0 Å². The molecule has 3 aromatic rings. The highest BCUT2D eigenvalue weighted by molar-refractivity contribution is 6.38. The van der Waals surface area contributed by atoms with Crippen molar-refractivity contribution in [1.82, 2.24) is 0 Å². The molecule has 19 heavy (non-hydrogen) atoms. The molecule has 0 saturated heterocycles. The summed E-state index contributed by atoms with van der Waals surface area (Å²) in [5, 5.41) is 2.06. The SMILES string of the molecule is C[n+]1ccc(-c2cc3cc(Cl)cc(Cl)c3o2)cc1.[I-]. The third-order valence-electron chi connectivity index (χ3n) is 2.80. The fraction of sp³-hybridized carbons (Fsp3) is 0.0714. The summed E-state index contributed by atoms with van der Waals surface area (Å²) in [7, 11) is 1.97. The smallest absolute Gasteiger partial charge is 0.169 e. The molecular formula is C14H10Cl2INO. The Morgan fingerprint density at radius 1 is 1.05 bits per heavy atom. The van der Waals surface area contributed by atoms with Crippen LogP contribution in [0.25, 0.3) is 22.3 Å². The average molecular weight is 406 g/mol. The van der Waals surface area contributed by atoms with Crippen LogP contribution in [0.1, 0.15) is 0 Å². The molecule has 3 rings (SSSR count). The number of fused-ring (bicyclic) bond motifs is 1. The van der Waals surface area contributed by atoms with Gasteiger partial charge in [-0.2, -0.15) is 0 Å². The van der Waals surface area contributed by atoms with Crippen molar-refractivity contribution in [2.75, 3.05) is 0 Å². The summed E-state index contributed by atoms with van der Waals surface area (Å²) in [6.07, 6.45) is 3.94. The lowest BCUT2D eigenvalue weighted by molar-refractivity contribution is -0.671. The molecule has 0 radical (unpaired) electrons. The number of aryl methyl sites for hydroxylation is 1. The summed E-state index contributed by atoms with van der Waals surface area (Å²) < 4.78 is 7.75. The molecule has 0 aliphatic rings. The second-order valence-corrected chi connectivity index (χ2v) is 5.01. The maximum Gasteiger partial charge on any atom is 0.169 e. The number of benzene rings is 1. The van der Waals surface area contributed by atoms with E-state index < -0.39 is 0 Å². The fourth-order valence-corrected chi connectivity index (χ4v) is 2.43. The zero-order valence-corrected chi connectivity index (χ0v) is 13.7. The zero-order valence-electron chi connectivity index (χ0n) is 10.0. The minimum Gasteiger partial charge on any atom is -1.00 e. The van der Waals surface area contributed by atoms with Gasteiger partial charge in [-0.05, 0) is 18.2 Å². The first kappa shape index (κ1) is 14.6. The van der Waals surface area contributed by atoms with E-state index in [0.29, 0.717) is 15.6 Å². The summed E-state index contributed by atoms with van der Waals surface area (Å²) in [6.45, 7) is 0. The highest BCUT2D eigenvalue weighted by atomic mass is 127. The van der Waals surface area contributed by atoms with E-state index in [2.05, 4.69) is 0 Å². The van der Waals surface area contributed by atoms with Crippen molar-refractivity contribution in [3.63, 3.8) is 0 Å². The van der Waals surface area contributed by atoms with E-state index in [1.54, 1.807) is 6.07 Å². The number of nitrogens with zero attached hydrogens (tertiary/aromatic N) is 1. The van der Waals surface area contributed by atoms with Crippen LogP contribution in [0.2, 0.25) is 10.0 Å². The van der Waals surface area contributed by atoms with Crippen molar-refractivity contribution >= 4 is 34.2 Å². The van der Waals surface area contributed by atoms with Gasteiger partial charge in [-0.3, -0.25) is 0 Å². The molecule has 0 saturated carbocycles. The van der Waals surface area contributed by atoms with Crippen LogP contribution in [0, 0.1) is 0 Å². The van der Waals surface area contributed by atoms with Gasteiger partial charge < -0.3 is 28.4 Å². The molecule has 2 aromatic heterocycles. The Morgan fingerprint density at radius 3 is 2.42 bits per heavy atom. The maximum atomic E-state index is 6.11. The first-order valence-electron chi connectivity index (χ1n) is 5.48. The number of pyridine rings is 1. The van der Waals surface area contributed by atoms with Crippen molar-refractivity contribution in [3.05, 3.63) is 52.8 Å². The number of hydrogen-bond donors (Lipinski definition) is 0. The minimum absolute atomic E-state index is 0. The van der Waals surface area contributed by atoms with Crippen LogP contribution >= 0.6 is 23.2 Å². The lowest BCUT2D eigenvalue weighted by Crippen LogP contribution is -3.00. The highest BCUT2D eigenvalue weighted by Gasteiger charge is 2.11. The summed E-state index contributed by atoms with van der Waals surface area (Å²) in [5.74, 6) is 0.787.